The van der Waals surface area contributed by atoms with Crippen molar-refractivity contribution in [3.63, 3.8) is 0 Å². The number of aromatic nitrogens is 2. The van der Waals surface area contributed by atoms with Crippen LogP contribution in [-0.4, -0.2) is 32.5 Å². The first kappa shape index (κ1) is 23.1. The third kappa shape index (κ3) is 4.52. The van der Waals surface area contributed by atoms with Gasteiger partial charge in [0.05, 0.1) is 22.1 Å². The molecule has 32 heavy (non-hydrogen) atoms. The van der Waals surface area contributed by atoms with Gasteiger partial charge in [0.2, 0.25) is 5.91 Å². The van der Waals surface area contributed by atoms with Crippen LogP contribution in [0, 0.1) is 30.9 Å². The van der Waals surface area contributed by atoms with Crippen LogP contribution in [0.4, 0.5) is 11.4 Å². The van der Waals surface area contributed by atoms with Gasteiger partial charge in [-0.1, -0.05) is 6.07 Å². The fourth-order valence-corrected chi connectivity index (χ4v) is 4.26. The van der Waals surface area contributed by atoms with Gasteiger partial charge < -0.3 is 10.1 Å². The summed E-state index contributed by atoms with van der Waals surface area (Å²) >= 11 is 1.08. The summed E-state index contributed by atoms with van der Waals surface area (Å²) in [5.41, 5.74) is 0.780. The highest BCUT2D eigenvalue weighted by Gasteiger charge is 2.23. The number of carbonyl (C=O) groups is 2. The molecule has 11 heteroatoms. The zero-order chi connectivity index (χ0) is 23.7. The Morgan fingerprint density at radius 3 is 2.59 bits per heavy atom. The number of esters is 1. The predicted molar refractivity (Wildman–Crippen MR) is 120 cm³/mol. The number of benzene rings is 1. The van der Waals surface area contributed by atoms with Gasteiger partial charge in [-0.25, -0.2) is 9.78 Å². The Balaban J connectivity index is 1.94. The zero-order valence-corrected chi connectivity index (χ0v) is 19.0. The van der Waals surface area contributed by atoms with Crippen molar-refractivity contribution in [1.29, 1.82) is 0 Å². The van der Waals surface area contributed by atoms with E-state index in [1.807, 2.05) is 0 Å². The monoisotopic (exact) mass is 458 g/mol. The Hall–Kier alpha value is -3.60. The van der Waals surface area contributed by atoms with Crippen molar-refractivity contribution in [1.82, 2.24) is 9.55 Å². The van der Waals surface area contributed by atoms with Gasteiger partial charge in [0.15, 0.2) is 0 Å². The number of nitro benzene ring substituents is 1. The topological polar surface area (TPSA) is 133 Å². The molecule has 0 atom stereocenters. The molecule has 0 aliphatic heterocycles. The number of non-ortho nitro benzene ring substituents is 1. The molecule has 168 valence electrons. The minimum Gasteiger partial charge on any atom is -0.459 e. The number of nitrogens with zero attached hydrogens (tertiary/aromatic N) is 3. The number of anilines is 1. The van der Waals surface area contributed by atoms with Crippen LogP contribution in [0.25, 0.3) is 10.2 Å². The molecule has 0 saturated heterocycles. The molecule has 1 aromatic carbocycles. The highest BCUT2D eigenvalue weighted by molar-refractivity contribution is 7.20. The molecular weight excluding hydrogens is 436 g/mol. The molecule has 0 spiro atoms. The van der Waals surface area contributed by atoms with Gasteiger partial charge >= 0.3 is 5.97 Å². The minimum atomic E-state index is -0.553. The van der Waals surface area contributed by atoms with E-state index in [1.54, 1.807) is 34.6 Å². The molecule has 0 bridgehead atoms. The average molecular weight is 458 g/mol. The van der Waals surface area contributed by atoms with E-state index >= 15 is 0 Å². The summed E-state index contributed by atoms with van der Waals surface area (Å²) in [4.78, 5) is 53.7. The van der Waals surface area contributed by atoms with Crippen LogP contribution >= 0.6 is 11.3 Å². The number of ether oxygens (including phenoxy) is 1. The summed E-state index contributed by atoms with van der Waals surface area (Å²) in [5, 5.41) is 13.9. The molecule has 0 radical (unpaired) electrons. The van der Waals surface area contributed by atoms with Gasteiger partial charge in [-0.2, -0.15) is 0 Å². The lowest BCUT2D eigenvalue weighted by Gasteiger charge is -2.11. The molecule has 0 unspecified atom stereocenters. The Labute approximate surface area is 187 Å². The summed E-state index contributed by atoms with van der Waals surface area (Å²) < 4.78 is 6.45. The minimum absolute atomic E-state index is 0.156. The maximum atomic E-state index is 13.1. The number of rotatable bonds is 6. The Morgan fingerprint density at radius 2 is 1.97 bits per heavy atom. The second-order valence-electron chi connectivity index (χ2n) is 7.55. The number of hydrogen-bond donors (Lipinski definition) is 1. The predicted octanol–water partition coefficient (Wildman–Crippen LogP) is 3.50. The van der Waals surface area contributed by atoms with Crippen molar-refractivity contribution in [3.05, 3.63) is 60.5 Å². The number of nitro groups is 1. The Bertz CT molecular complexity index is 1310. The molecule has 10 nitrogen and oxygen atoms in total. The molecule has 0 aliphatic rings. The van der Waals surface area contributed by atoms with Crippen LogP contribution < -0.4 is 10.9 Å². The summed E-state index contributed by atoms with van der Waals surface area (Å²) in [5.74, 6) is -0.756. The normalized spacial score (nSPS) is 11.1. The van der Waals surface area contributed by atoms with Gasteiger partial charge in [-0.3, -0.25) is 24.3 Å². The number of hydrogen-bond acceptors (Lipinski definition) is 8. The van der Waals surface area contributed by atoms with Crippen molar-refractivity contribution in [2.45, 2.75) is 47.3 Å². The van der Waals surface area contributed by atoms with Crippen molar-refractivity contribution in [2.75, 3.05) is 5.32 Å². The van der Waals surface area contributed by atoms with E-state index < -0.39 is 22.4 Å². The van der Waals surface area contributed by atoms with Crippen LogP contribution in [0.1, 0.15) is 40.5 Å². The summed E-state index contributed by atoms with van der Waals surface area (Å²) in [6.45, 7) is 8.07. The van der Waals surface area contributed by atoms with Crippen LogP contribution in [-0.2, 0) is 16.1 Å². The molecule has 0 aliphatic carbocycles. The van der Waals surface area contributed by atoms with Crippen molar-refractivity contribution in [2.24, 2.45) is 0 Å². The fraction of sp³-hybridized carbons (Fsp3) is 0.333. The summed E-state index contributed by atoms with van der Waals surface area (Å²) in [6.07, 6.45) is -0.306. The fourth-order valence-electron chi connectivity index (χ4n) is 3.16. The molecule has 2 aromatic heterocycles. The molecule has 0 fully saturated rings. The van der Waals surface area contributed by atoms with E-state index in [-0.39, 0.29) is 29.4 Å². The lowest BCUT2D eigenvalue weighted by molar-refractivity contribution is -0.384. The van der Waals surface area contributed by atoms with E-state index in [0.717, 1.165) is 11.3 Å². The first-order chi connectivity index (χ1) is 15.0. The number of amides is 1. The SMILES string of the molecule is Cc1ccc([N+](=O)[O-])cc1NC(=O)Cn1c(C)nc2sc(C(=O)OC(C)C)c(C)c2c1=O. The molecule has 2 heterocycles. The molecule has 1 amide bonds. The van der Waals surface area contributed by atoms with Crippen LogP contribution in [0.2, 0.25) is 0 Å². The number of thiophene rings is 1. The van der Waals surface area contributed by atoms with Crippen molar-refractivity contribution >= 4 is 44.8 Å². The van der Waals surface area contributed by atoms with E-state index in [0.29, 0.717) is 26.7 Å². The smallest absolute Gasteiger partial charge is 0.348 e. The first-order valence-electron chi connectivity index (χ1n) is 9.76. The number of aryl methyl sites for hydroxylation is 3. The lowest BCUT2D eigenvalue weighted by atomic mass is 10.2. The van der Waals surface area contributed by atoms with Crippen LogP contribution in [0.15, 0.2) is 23.0 Å². The highest BCUT2D eigenvalue weighted by Crippen LogP contribution is 2.28. The number of carbonyl (C=O) groups excluding carboxylic acids is 2. The number of nitrogens with one attached hydrogen (secondary N) is 1. The first-order valence-corrected chi connectivity index (χ1v) is 10.6. The largest absolute Gasteiger partial charge is 0.459 e. The second-order valence-corrected chi connectivity index (χ2v) is 8.54. The third-order valence-corrected chi connectivity index (χ3v) is 5.94. The van der Waals surface area contributed by atoms with E-state index in [1.165, 1.54) is 22.8 Å². The molecule has 3 rings (SSSR count). The van der Waals surface area contributed by atoms with Gasteiger partial charge in [-0.15, -0.1) is 11.3 Å². The highest BCUT2D eigenvalue weighted by atomic mass is 32.1. The van der Waals surface area contributed by atoms with E-state index in [2.05, 4.69) is 10.3 Å². The molecular formula is C21H22N4O6S. The lowest BCUT2D eigenvalue weighted by Crippen LogP contribution is -2.30. The Kier molecular flexibility index (Phi) is 6.40. The maximum Gasteiger partial charge on any atom is 0.348 e. The van der Waals surface area contributed by atoms with Crippen molar-refractivity contribution < 1.29 is 19.2 Å². The van der Waals surface area contributed by atoms with Gasteiger partial charge in [0, 0.05) is 12.1 Å². The van der Waals surface area contributed by atoms with Crippen molar-refractivity contribution in [3.8, 4) is 0 Å². The van der Waals surface area contributed by atoms with Gasteiger partial charge in [0.25, 0.3) is 11.2 Å². The zero-order valence-electron chi connectivity index (χ0n) is 18.2. The molecule has 0 saturated carbocycles. The summed E-state index contributed by atoms with van der Waals surface area (Å²) in [7, 11) is 0. The average Bonchev–Trinajstić information content (AvgIpc) is 3.02. The number of fused-ring (bicyclic) bond motifs is 1. The summed E-state index contributed by atoms with van der Waals surface area (Å²) in [6, 6.07) is 4.14. The van der Waals surface area contributed by atoms with Gasteiger partial charge in [0.1, 0.15) is 22.1 Å². The molecule has 3 aromatic rings. The third-order valence-electron chi connectivity index (χ3n) is 4.78. The standard InChI is InChI=1S/C21H22N4O6S/c1-10(2)31-21(28)18-12(4)17-19(32-18)22-13(5)24(20(17)27)9-16(26)23-15-8-14(25(29)30)7-6-11(15)3/h6-8,10H,9H2,1-5H3,(H,23,26). The molecule has 1 N–H and O–H groups in total. The van der Waals surface area contributed by atoms with Crippen LogP contribution in [0.5, 0.6) is 0 Å². The quantitative estimate of drug-likeness (QED) is 0.339. The second kappa shape index (κ2) is 8.87. The Morgan fingerprint density at radius 1 is 1.28 bits per heavy atom. The van der Waals surface area contributed by atoms with Crippen LogP contribution in [0.3, 0.4) is 0 Å². The van der Waals surface area contributed by atoms with E-state index in [4.69, 9.17) is 4.74 Å². The maximum absolute atomic E-state index is 13.1. The van der Waals surface area contributed by atoms with E-state index in [9.17, 15) is 24.5 Å². The van der Waals surface area contributed by atoms with Gasteiger partial charge in [-0.05, 0) is 45.7 Å².